The van der Waals surface area contributed by atoms with E-state index in [4.69, 9.17) is 0 Å². The van der Waals surface area contributed by atoms with E-state index in [1.807, 2.05) is 0 Å². The van der Waals surface area contributed by atoms with E-state index in [9.17, 15) is 10.1 Å². The van der Waals surface area contributed by atoms with Gasteiger partial charge in [-0.3, -0.25) is 10.1 Å². The van der Waals surface area contributed by atoms with Crippen LogP contribution in [0.25, 0.3) is 0 Å². The van der Waals surface area contributed by atoms with E-state index >= 15 is 0 Å². The summed E-state index contributed by atoms with van der Waals surface area (Å²) in [5.74, 6) is 0.784. The normalized spacial score (nSPS) is 10.0. The predicted octanol–water partition coefficient (Wildman–Crippen LogP) is 1.93. The molecule has 0 radical (unpaired) electrons. The Morgan fingerprint density at radius 2 is 2.38 bits per heavy atom. The van der Waals surface area contributed by atoms with E-state index in [2.05, 4.69) is 15.3 Å². The van der Waals surface area contributed by atoms with Crippen LogP contribution in [0.1, 0.15) is 5.82 Å². The van der Waals surface area contributed by atoms with Crippen LogP contribution in [-0.4, -0.2) is 14.9 Å². The molecule has 0 saturated carbocycles. The fourth-order valence-corrected chi connectivity index (χ4v) is 1.31. The second-order valence-corrected chi connectivity index (χ2v) is 3.20. The molecule has 0 saturated heterocycles. The van der Waals surface area contributed by atoms with Gasteiger partial charge in [-0.2, -0.15) is 0 Å². The smallest absolute Gasteiger partial charge is 0.271 e. The highest BCUT2D eigenvalue weighted by Crippen LogP contribution is 2.17. The molecule has 0 aliphatic rings. The van der Waals surface area contributed by atoms with Gasteiger partial charge in [0.1, 0.15) is 5.82 Å². The Kier molecular flexibility index (Phi) is 2.81. The van der Waals surface area contributed by atoms with Crippen LogP contribution in [0, 0.1) is 10.1 Å². The fourth-order valence-electron chi connectivity index (χ4n) is 1.31. The molecule has 0 atom stereocenters. The maximum Gasteiger partial charge on any atom is 0.271 e. The number of nitrogens with zero attached hydrogens (tertiary/aromatic N) is 2. The van der Waals surface area contributed by atoms with E-state index in [1.54, 1.807) is 24.5 Å². The summed E-state index contributed by atoms with van der Waals surface area (Å²) < 4.78 is 0. The molecule has 82 valence electrons. The minimum Gasteiger partial charge on any atom is -0.378 e. The molecule has 0 fully saturated rings. The Morgan fingerprint density at radius 1 is 1.50 bits per heavy atom. The van der Waals surface area contributed by atoms with Crippen molar-refractivity contribution in [2.45, 2.75) is 6.54 Å². The largest absolute Gasteiger partial charge is 0.378 e. The van der Waals surface area contributed by atoms with Crippen LogP contribution in [0.15, 0.2) is 36.7 Å². The second kappa shape index (κ2) is 4.43. The number of non-ortho nitro benzene ring substituents is 1. The number of nitrogens with one attached hydrogen (secondary N) is 2. The van der Waals surface area contributed by atoms with Gasteiger partial charge in [0, 0.05) is 30.2 Å². The van der Waals surface area contributed by atoms with Gasteiger partial charge in [-0.25, -0.2) is 4.98 Å². The molecule has 1 aromatic carbocycles. The number of nitro benzene ring substituents is 1. The lowest BCUT2D eigenvalue weighted by molar-refractivity contribution is -0.384. The minimum atomic E-state index is -0.419. The van der Waals surface area contributed by atoms with Crippen molar-refractivity contribution in [3.05, 3.63) is 52.6 Å². The summed E-state index contributed by atoms with van der Waals surface area (Å²) in [6.07, 6.45) is 3.38. The van der Waals surface area contributed by atoms with Gasteiger partial charge in [0.25, 0.3) is 5.69 Å². The summed E-state index contributed by atoms with van der Waals surface area (Å²) in [4.78, 5) is 17.1. The average Bonchev–Trinajstić information content (AvgIpc) is 2.79. The number of hydrogen-bond acceptors (Lipinski definition) is 4. The number of aromatic amines is 1. The zero-order valence-electron chi connectivity index (χ0n) is 8.38. The molecule has 6 heteroatoms. The Labute approximate surface area is 91.5 Å². The summed E-state index contributed by atoms with van der Waals surface area (Å²) in [6.45, 7) is 0.508. The Morgan fingerprint density at radius 3 is 3.06 bits per heavy atom. The molecule has 1 aromatic heterocycles. The summed E-state index contributed by atoms with van der Waals surface area (Å²) in [6, 6.07) is 6.36. The molecule has 16 heavy (non-hydrogen) atoms. The van der Waals surface area contributed by atoms with Crippen molar-refractivity contribution in [3.8, 4) is 0 Å². The molecule has 0 aliphatic heterocycles. The van der Waals surface area contributed by atoms with Crippen LogP contribution < -0.4 is 5.32 Å². The molecule has 0 bridgehead atoms. The van der Waals surface area contributed by atoms with Crippen molar-refractivity contribution >= 4 is 11.4 Å². The molecule has 0 amide bonds. The highest BCUT2D eigenvalue weighted by Gasteiger charge is 2.05. The molecule has 2 rings (SSSR count). The quantitative estimate of drug-likeness (QED) is 0.606. The molecule has 2 N–H and O–H groups in total. The third kappa shape index (κ3) is 2.35. The third-order valence-corrected chi connectivity index (χ3v) is 2.07. The van der Waals surface area contributed by atoms with E-state index in [0.29, 0.717) is 12.2 Å². The van der Waals surface area contributed by atoms with Gasteiger partial charge in [-0.15, -0.1) is 0 Å². The fraction of sp³-hybridized carbons (Fsp3) is 0.100. The SMILES string of the molecule is O=[N+]([O-])c1cccc(NCc2ncc[nH]2)c1. The van der Waals surface area contributed by atoms with Crippen molar-refractivity contribution in [2.24, 2.45) is 0 Å². The number of aromatic nitrogens is 2. The second-order valence-electron chi connectivity index (χ2n) is 3.20. The molecule has 0 aliphatic carbocycles. The Balaban J connectivity index is 2.04. The Bertz CT molecular complexity index is 481. The first-order valence-corrected chi connectivity index (χ1v) is 4.72. The molecular weight excluding hydrogens is 208 g/mol. The van der Waals surface area contributed by atoms with Crippen LogP contribution in [0.3, 0.4) is 0 Å². The Hall–Kier alpha value is -2.37. The maximum atomic E-state index is 10.5. The molecular formula is C10H10N4O2. The third-order valence-electron chi connectivity index (χ3n) is 2.07. The number of H-pyrrole nitrogens is 1. The lowest BCUT2D eigenvalue weighted by Gasteiger charge is -2.03. The van der Waals surface area contributed by atoms with Crippen molar-refractivity contribution < 1.29 is 4.92 Å². The molecule has 0 spiro atoms. The minimum absolute atomic E-state index is 0.0736. The zero-order valence-corrected chi connectivity index (χ0v) is 8.38. The van der Waals surface area contributed by atoms with Crippen LogP contribution in [0.5, 0.6) is 0 Å². The topological polar surface area (TPSA) is 83.8 Å². The zero-order chi connectivity index (χ0) is 11.4. The van der Waals surface area contributed by atoms with Gasteiger partial charge in [0.05, 0.1) is 11.5 Å². The summed E-state index contributed by atoms with van der Waals surface area (Å²) >= 11 is 0. The lowest BCUT2D eigenvalue weighted by Crippen LogP contribution is -2.01. The predicted molar refractivity (Wildman–Crippen MR) is 59.0 cm³/mol. The van der Waals surface area contributed by atoms with Gasteiger partial charge in [0.15, 0.2) is 0 Å². The first kappa shape index (κ1) is 10.2. The number of hydrogen-bond donors (Lipinski definition) is 2. The van der Waals surface area contributed by atoms with Gasteiger partial charge in [-0.05, 0) is 6.07 Å². The highest BCUT2D eigenvalue weighted by atomic mass is 16.6. The van der Waals surface area contributed by atoms with Crippen LogP contribution >= 0.6 is 0 Å². The monoisotopic (exact) mass is 218 g/mol. The first-order valence-electron chi connectivity index (χ1n) is 4.72. The number of benzene rings is 1. The standard InChI is InChI=1S/C10H10N4O2/c15-14(16)9-3-1-2-8(6-9)13-7-10-11-4-5-12-10/h1-6,13H,7H2,(H,11,12). The molecule has 6 nitrogen and oxygen atoms in total. The van der Waals surface area contributed by atoms with Gasteiger partial charge < -0.3 is 10.3 Å². The van der Waals surface area contributed by atoms with Gasteiger partial charge >= 0.3 is 0 Å². The van der Waals surface area contributed by atoms with Crippen molar-refractivity contribution in [3.63, 3.8) is 0 Å². The number of anilines is 1. The number of imidazole rings is 1. The van der Waals surface area contributed by atoms with Crippen molar-refractivity contribution in [1.29, 1.82) is 0 Å². The van der Waals surface area contributed by atoms with Crippen LogP contribution in [0.4, 0.5) is 11.4 Å². The summed E-state index contributed by atoms with van der Waals surface area (Å²) in [5, 5.41) is 13.6. The first-order chi connectivity index (χ1) is 7.75. The van der Waals surface area contributed by atoms with Crippen LogP contribution in [0.2, 0.25) is 0 Å². The average molecular weight is 218 g/mol. The summed E-state index contributed by atoms with van der Waals surface area (Å²) in [5.41, 5.74) is 0.773. The van der Waals surface area contributed by atoms with Gasteiger partial charge in [-0.1, -0.05) is 6.07 Å². The van der Waals surface area contributed by atoms with Crippen molar-refractivity contribution in [2.75, 3.05) is 5.32 Å². The van der Waals surface area contributed by atoms with E-state index < -0.39 is 4.92 Å². The lowest BCUT2D eigenvalue weighted by atomic mass is 10.3. The number of nitro groups is 1. The molecule has 2 aromatic rings. The van der Waals surface area contributed by atoms with E-state index in [1.165, 1.54) is 12.1 Å². The van der Waals surface area contributed by atoms with Gasteiger partial charge in [0.2, 0.25) is 0 Å². The highest BCUT2D eigenvalue weighted by molar-refractivity contribution is 5.50. The van der Waals surface area contributed by atoms with Crippen molar-refractivity contribution in [1.82, 2.24) is 9.97 Å². The van der Waals surface area contributed by atoms with E-state index in [0.717, 1.165) is 5.82 Å². The maximum absolute atomic E-state index is 10.5. The molecule has 0 unspecified atom stereocenters. The molecule has 1 heterocycles. The summed E-state index contributed by atoms with van der Waals surface area (Å²) in [7, 11) is 0. The van der Waals surface area contributed by atoms with Crippen LogP contribution in [-0.2, 0) is 6.54 Å². The number of rotatable bonds is 4. The van der Waals surface area contributed by atoms with E-state index in [-0.39, 0.29) is 5.69 Å².